The van der Waals surface area contributed by atoms with Crippen LogP contribution >= 0.6 is 0 Å². The number of nitro benzene ring substituents is 1. The Bertz CT molecular complexity index is 483. The van der Waals surface area contributed by atoms with E-state index in [0.29, 0.717) is 5.56 Å². The number of carbonyl (C=O) groups excluding carboxylic acids is 1. The Kier molecular flexibility index (Phi) is 4.99. The number of rotatable bonds is 6. The monoisotopic (exact) mass is 266 g/mol. The third kappa shape index (κ3) is 4.74. The SMILES string of the molecule is CC(CNC(=O)Cc1ccc([N+](=O)[O-])cc1)C(=O)O. The van der Waals surface area contributed by atoms with Crippen LogP contribution in [0.25, 0.3) is 0 Å². The Hall–Kier alpha value is -2.44. The lowest BCUT2D eigenvalue weighted by Crippen LogP contribution is -2.32. The van der Waals surface area contributed by atoms with Crippen LogP contribution in [-0.2, 0) is 16.0 Å². The standard InChI is InChI=1S/C12H14N2O5/c1-8(12(16)17)7-13-11(15)6-9-2-4-10(5-3-9)14(18)19/h2-5,8H,6-7H2,1H3,(H,13,15)(H,16,17). The molecule has 7 nitrogen and oxygen atoms in total. The fourth-order valence-electron chi connectivity index (χ4n) is 1.34. The lowest BCUT2D eigenvalue weighted by Gasteiger charge is -2.08. The van der Waals surface area contributed by atoms with Gasteiger partial charge in [0, 0.05) is 18.7 Å². The van der Waals surface area contributed by atoms with Crippen LogP contribution in [0.4, 0.5) is 5.69 Å². The number of nitrogens with zero attached hydrogens (tertiary/aromatic N) is 1. The molecule has 1 rings (SSSR count). The van der Waals surface area contributed by atoms with Crippen LogP contribution < -0.4 is 5.32 Å². The van der Waals surface area contributed by atoms with Crippen LogP contribution in [0.3, 0.4) is 0 Å². The molecule has 7 heteroatoms. The number of hydrogen-bond donors (Lipinski definition) is 2. The highest BCUT2D eigenvalue weighted by molar-refractivity contribution is 5.79. The second kappa shape index (κ2) is 6.48. The number of carboxylic acid groups (broad SMARTS) is 1. The Morgan fingerprint density at radius 2 is 1.95 bits per heavy atom. The average Bonchev–Trinajstić information content (AvgIpc) is 2.36. The summed E-state index contributed by atoms with van der Waals surface area (Å²) in [7, 11) is 0. The maximum absolute atomic E-state index is 11.5. The summed E-state index contributed by atoms with van der Waals surface area (Å²) in [5.74, 6) is -1.95. The van der Waals surface area contributed by atoms with Crippen LogP contribution in [-0.4, -0.2) is 28.5 Å². The molecule has 1 amide bonds. The van der Waals surface area contributed by atoms with Gasteiger partial charge in [0.2, 0.25) is 5.91 Å². The van der Waals surface area contributed by atoms with E-state index in [-0.39, 0.29) is 24.6 Å². The summed E-state index contributed by atoms with van der Waals surface area (Å²) in [6.45, 7) is 1.55. The van der Waals surface area contributed by atoms with Gasteiger partial charge >= 0.3 is 5.97 Å². The molecule has 0 aliphatic carbocycles. The predicted molar refractivity (Wildman–Crippen MR) is 66.6 cm³/mol. The second-order valence-electron chi connectivity index (χ2n) is 4.14. The fourth-order valence-corrected chi connectivity index (χ4v) is 1.34. The predicted octanol–water partition coefficient (Wildman–Crippen LogP) is 0.974. The van der Waals surface area contributed by atoms with E-state index in [2.05, 4.69) is 5.32 Å². The summed E-state index contributed by atoms with van der Waals surface area (Å²) in [6, 6.07) is 5.64. The van der Waals surface area contributed by atoms with Crippen molar-refractivity contribution in [2.75, 3.05) is 6.54 Å². The summed E-state index contributed by atoms with van der Waals surface area (Å²) in [6.07, 6.45) is 0.0599. The minimum Gasteiger partial charge on any atom is -0.481 e. The van der Waals surface area contributed by atoms with Crippen molar-refractivity contribution in [2.24, 2.45) is 5.92 Å². The fraction of sp³-hybridized carbons (Fsp3) is 0.333. The van der Waals surface area contributed by atoms with Crippen molar-refractivity contribution in [1.82, 2.24) is 5.32 Å². The van der Waals surface area contributed by atoms with E-state index in [1.807, 2.05) is 0 Å². The van der Waals surface area contributed by atoms with E-state index in [9.17, 15) is 19.7 Å². The van der Waals surface area contributed by atoms with Gasteiger partial charge in [-0.05, 0) is 5.56 Å². The first kappa shape index (κ1) is 14.6. The number of nitro groups is 1. The van der Waals surface area contributed by atoms with Gasteiger partial charge in [-0.3, -0.25) is 19.7 Å². The quantitative estimate of drug-likeness (QED) is 0.589. The van der Waals surface area contributed by atoms with Gasteiger partial charge in [0.25, 0.3) is 5.69 Å². The Morgan fingerprint density at radius 3 is 2.42 bits per heavy atom. The van der Waals surface area contributed by atoms with Gasteiger partial charge in [-0.2, -0.15) is 0 Å². The molecule has 0 saturated carbocycles. The van der Waals surface area contributed by atoms with E-state index in [1.54, 1.807) is 0 Å². The summed E-state index contributed by atoms with van der Waals surface area (Å²) in [4.78, 5) is 32.0. The minimum atomic E-state index is -0.976. The van der Waals surface area contributed by atoms with Crippen molar-refractivity contribution in [1.29, 1.82) is 0 Å². The third-order valence-corrected chi connectivity index (χ3v) is 2.54. The molecule has 0 spiro atoms. The lowest BCUT2D eigenvalue weighted by molar-refractivity contribution is -0.384. The number of carboxylic acids is 1. The largest absolute Gasteiger partial charge is 0.481 e. The third-order valence-electron chi connectivity index (χ3n) is 2.54. The molecule has 2 N–H and O–H groups in total. The molecular weight excluding hydrogens is 252 g/mol. The molecule has 0 aliphatic rings. The topological polar surface area (TPSA) is 110 Å². The number of hydrogen-bond acceptors (Lipinski definition) is 4. The zero-order valence-corrected chi connectivity index (χ0v) is 10.3. The molecule has 102 valence electrons. The number of amides is 1. The molecule has 1 aromatic rings. The van der Waals surface area contributed by atoms with E-state index in [0.717, 1.165) is 0 Å². The van der Waals surface area contributed by atoms with Crippen LogP contribution in [0.15, 0.2) is 24.3 Å². The first-order valence-electron chi connectivity index (χ1n) is 5.63. The number of benzene rings is 1. The average molecular weight is 266 g/mol. The lowest BCUT2D eigenvalue weighted by atomic mass is 10.1. The van der Waals surface area contributed by atoms with Gasteiger partial charge in [0.15, 0.2) is 0 Å². The van der Waals surface area contributed by atoms with Crippen molar-refractivity contribution in [3.63, 3.8) is 0 Å². The van der Waals surface area contributed by atoms with Crippen LogP contribution in [0, 0.1) is 16.0 Å². The highest BCUT2D eigenvalue weighted by Crippen LogP contribution is 2.12. The molecule has 1 unspecified atom stereocenters. The van der Waals surface area contributed by atoms with Gasteiger partial charge < -0.3 is 10.4 Å². The van der Waals surface area contributed by atoms with Crippen molar-refractivity contribution in [3.05, 3.63) is 39.9 Å². The Morgan fingerprint density at radius 1 is 1.37 bits per heavy atom. The molecule has 0 saturated heterocycles. The first-order valence-corrected chi connectivity index (χ1v) is 5.63. The van der Waals surface area contributed by atoms with E-state index < -0.39 is 16.8 Å². The van der Waals surface area contributed by atoms with Crippen molar-refractivity contribution in [2.45, 2.75) is 13.3 Å². The van der Waals surface area contributed by atoms with Gasteiger partial charge in [0.05, 0.1) is 17.3 Å². The highest BCUT2D eigenvalue weighted by atomic mass is 16.6. The maximum Gasteiger partial charge on any atom is 0.308 e. The molecule has 0 bridgehead atoms. The number of carbonyl (C=O) groups is 2. The number of non-ortho nitro benzene ring substituents is 1. The normalized spacial score (nSPS) is 11.6. The van der Waals surface area contributed by atoms with Crippen LogP contribution in [0.2, 0.25) is 0 Å². The first-order chi connectivity index (χ1) is 8.90. The second-order valence-corrected chi connectivity index (χ2v) is 4.14. The van der Waals surface area contributed by atoms with Crippen LogP contribution in [0.1, 0.15) is 12.5 Å². The molecule has 0 heterocycles. The molecular formula is C12H14N2O5. The molecule has 0 aliphatic heterocycles. The molecule has 0 fully saturated rings. The number of nitrogens with one attached hydrogen (secondary N) is 1. The molecule has 19 heavy (non-hydrogen) atoms. The van der Waals surface area contributed by atoms with Crippen LogP contribution in [0.5, 0.6) is 0 Å². The summed E-state index contributed by atoms with van der Waals surface area (Å²) in [5, 5.41) is 21.6. The van der Waals surface area contributed by atoms with E-state index in [4.69, 9.17) is 5.11 Å². The highest BCUT2D eigenvalue weighted by Gasteiger charge is 2.12. The molecule has 0 radical (unpaired) electrons. The van der Waals surface area contributed by atoms with E-state index >= 15 is 0 Å². The molecule has 0 aromatic heterocycles. The van der Waals surface area contributed by atoms with Gasteiger partial charge in [-0.15, -0.1) is 0 Å². The smallest absolute Gasteiger partial charge is 0.308 e. The van der Waals surface area contributed by atoms with Gasteiger partial charge in [-0.25, -0.2) is 0 Å². The Balaban J connectivity index is 2.48. The Labute approximate surface area is 109 Å². The number of aliphatic carboxylic acids is 1. The van der Waals surface area contributed by atoms with Crippen molar-refractivity contribution in [3.8, 4) is 0 Å². The summed E-state index contributed by atoms with van der Waals surface area (Å²) >= 11 is 0. The summed E-state index contributed by atoms with van der Waals surface area (Å²) < 4.78 is 0. The van der Waals surface area contributed by atoms with Gasteiger partial charge in [0.1, 0.15) is 0 Å². The molecule has 1 atom stereocenters. The molecule has 1 aromatic carbocycles. The zero-order valence-electron chi connectivity index (χ0n) is 10.3. The summed E-state index contributed by atoms with van der Waals surface area (Å²) in [5.41, 5.74) is 0.592. The van der Waals surface area contributed by atoms with E-state index in [1.165, 1.54) is 31.2 Å². The zero-order chi connectivity index (χ0) is 14.4. The minimum absolute atomic E-state index is 0.0383. The van der Waals surface area contributed by atoms with Gasteiger partial charge in [-0.1, -0.05) is 19.1 Å². The maximum atomic E-state index is 11.5. The van der Waals surface area contributed by atoms with Crippen molar-refractivity contribution < 1.29 is 19.6 Å². The van der Waals surface area contributed by atoms with Crippen molar-refractivity contribution >= 4 is 17.6 Å².